The first-order chi connectivity index (χ1) is 5.22. The molecular weight excluding hydrogens is 132 g/mol. The van der Waals surface area contributed by atoms with Gasteiger partial charge < -0.3 is 0 Å². The summed E-state index contributed by atoms with van der Waals surface area (Å²) in [6.45, 7) is 6.54. The van der Waals surface area contributed by atoms with Crippen molar-refractivity contribution in [2.24, 2.45) is 0 Å². The van der Waals surface area contributed by atoms with Gasteiger partial charge in [-0.3, -0.25) is 0 Å². The molecule has 0 aromatic rings. The lowest BCUT2D eigenvalue weighted by Gasteiger charge is -1.97. The second-order valence-electron chi connectivity index (χ2n) is 3.20. The van der Waals surface area contributed by atoms with E-state index in [0.717, 1.165) is 6.42 Å². The number of hydrogen-bond donors (Lipinski definition) is 0. The Kier molecular flexibility index (Phi) is 2.70. The van der Waals surface area contributed by atoms with Crippen molar-refractivity contribution in [3.05, 3.63) is 34.9 Å². The van der Waals surface area contributed by atoms with E-state index in [1.54, 1.807) is 0 Å². The van der Waals surface area contributed by atoms with Gasteiger partial charge in [-0.15, -0.1) is 0 Å². The lowest BCUT2D eigenvalue weighted by atomic mass is 10.1. The zero-order valence-corrected chi connectivity index (χ0v) is 7.65. The maximum absolute atomic E-state index is 2.30. The van der Waals surface area contributed by atoms with Gasteiger partial charge in [0.15, 0.2) is 0 Å². The Labute approximate surface area is 69.3 Å². The molecule has 60 valence electrons. The number of hydrogen-bond acceptors (Lipinski definition) is 0. The summed E-state index contributed by atoms with van der Waals surface area (Å²) >= 11 is 0. The molecule has 0 unspecified atom stereocenters. The van der Waals surface area contributed by atoms with Gasteiger partial charge in [0, 0.05) is 0 Å². The fraction of sp³-hybridized carbons (Fsp3) is 0.455. The molecule has 0 atom stereocenters. The van der Waals surface area contributed by atoms with Crippen molar-refractivity contribution in [2.45, 2.75) is 33.6 Å². The minimum absolute atomic E-state index is 1.14. The zero-order chi connectivity index (χ0) is 8.27. The molecule has 0 saturated carbocycles. The summed E-state index contributed by atoms with van der Waals surface area (Å²) in [5.41, 5.74) is 4.31. The van der Waals surface area contributed by atoms with E-state index < -0.39 is 0 Å². The molecule has 1 rings (SSSR count). The summed E-state index contributed by atoms with van der Waals surface area (Å²) in [6.07, 6.45) is 9.15. The van der Waals surface area contributed by atoms with E-state index in [9.17, 15) is 0 Å². The Balaban J connectivity index is 2.85. The smallest absolute Gasteiger partial charge is 0.0130 e. The minimum atomic E-state index is 1.14. The highest BCUT2D eigenvalue weighted by Gasteiger charge is 1.97. The molecule has 1 aliphatic rings. The van der Waals surface area contributed by atoms with Crippen LogP contribution in [0.3, 0.4) is 0 Å². The van der Waals surface area contributed by atoms with E-state index in [4.69, 9.17) is 0 Å². The molecule has 0 saturated heterocycles. The van der Waals surface area contributed by atoms with E-state index in [0.29, 0.717) is 0 Å². The molecule has 0 radical (unpaired) electrons. The topological polar surface area (TPSA) is 0 Å². The maximum atomic E-state index is 2.30. The second-order valence-corrected chi connectivity index (χ2v) is 3.20. The predicted molar refractivity (Wildman–Crippen MR) is 50.5 cm³/mol. The Hall–Kier alpha value is -0.780. The molecule has 0 N–H and O–H groups in total. The van der Waals surface area contributed by atoms with Gasteiger partial charge in [0.25, 0.3) is 0 Å². The first-order valence-corrected chi connectivity index (χ1v) is 4.27. The predicted octanol–water partition coefficient (Wildman–Crippen LogP) is 3.62. The van der Waals surface area contributed by atoms with Crippen molar-refractivity contribution in [3.63, 3.8) is 0 Å². The van der Waals surface area contributed by atoms with Crippen LogP contribution in [0.4, 0.5) is 0 Å². The van der Waals surface area contributed by atoms with Crippen LogP contribution in [0.5, 0.6) is 0 Å². The Morgan fingerprint density at radius 1 is 1.18 bits per heavy atom. The third-order valence-electron chi connectivity index (χ3n) is 2.03. The van der Waals surface area contributed by atoms with Gasteiger partial charge in [-0.2, -0.15) is 0 Å². The highest BCUT2D eigenvalue weighted by molar-refractivity contribution is 5.34. The summed E-state index contributed by atoms with van der Waals surface area (Å²) in [4.78, 5) is 0. The summed E-state index contributed by atoms with van der Waals surface area (Å²) in [5, 5.41) is 0. The van der Waals surface area contributed by atoms with Crippen molar-refractivity contribution in [1.82, 2.24) is 0 Å². The molecule has 0 nitrogen and oxygen atoms in total. The molecule has 0 heteroatoms. The van der Waals surface area contributed by atoms with Crippen LogP contribution in [0.15, 0.2) is 34.9 Å². The van der Waals surface area contributed by atoms with Gasteiger partial charge in [0.1, 0.15) is 0 Å². The van der Waals surface area contributed by atoms with E-state index in [2.05, 4.69) is 39.0 Å². The average molecular weight is 148 g/mol. The lowest BCUT2D eigenvalue weighted by molar-refractivity contribution is 1.03. The van der Waals surface area contributed by atoms with E-state index in [1.165, 1.54) is 23.1 Å². The summed E-state index contributed by atoms with van der Waals surface area (Å²) in [6, 6.07) is 0. The molecule has 0 fully saturated rings. The average Bonchev–Trinajstić information content (AvgIpc) is 2.11. The lowest BCUT2D eigenvalue weighted by Crippen LogP contribution is -1.77. The fourth-order valence-corrected chi connectivity index (χ4v) is 1.38. The number of rotatable bonds is 1. The van der Waals surface area contributed by atoms with E-state index in [1.807, 2.05) is 0 Å². The first kappa shape index (κ1) is 8.32. The third-order valence-corrected chi connectivity index (χ3v) is 2.03. The van der Waals surface area contributed by atoms with Gasteiger partial charge in [-0.1, -0.05) is 41.9 Å². The molecule has 0 amide bonds. The summed E-state index contributed by atoms with van der Waals surface area (Å²) in [5.74, 6) is 0. The molecule has 0 aliphatic heterocycles. The minimum Gasteiger partial charge on any atom is -0.0775 e. The van der Waals surface area contributed by atoms with Gasteiger partial charge in [0.2, 0.25) is 0 Å². The standard InChI is InChI=1S/C11H16/c1-4-11-6-5-9(2)7-10(3)8-11/h5,7-8H,4,6H2,1-3H3. The van der Waals surface area contributed by atoms with Crippen LogP contribution < -0.4 is 0 Å². The highest BCUT2D eigenvalue weighted by Crippen LogP contribution is 2.17. The fourth-order valence-electron chi connectivity index (χ4n) is 1.38. The SMILES string of the molecule is CCC1=CC(C)=CC(C)=CC1. The quantitative estimate of drug-likeness (QED) is 0.532. The van der Waals surface area contributed by atoms with Crippen molar-refractivity contribution in [1.29, 1.82) is 0 Å². The van der Waals surface area contributed by atoms with Crippen LogP contribution in [0.2, 0.25) is 0 Å². The van der Waals surface area contributed by atoms with Crippen LogP contribution in [-0.2, 0) is 0 Å². The van der Waals surface area contributed by atoms with Crippen LogP contribution in [0, 0.1) is 0 Å². The van der Waals surface area contributed by atoms with Gasteiger partial charge in [-0.05, 0) is 26.7 Å². The van der Waals surface area contributed by atoms with Gasteiger partial charge in [0.05, 0.1) is 0 Å². The van der Waals surface area contributed by atoms with Crippen LogP contribution >= 0.6 is 0 Å². The summed E-state index contributed by atoms with van der Waals surface area (Å²) < 4.78 is 0. The molecule has 0 aromatic heterocycles. The van der Waals surface area contributed by atoms with Gasteiger partial charge in [-0.25, -0.2) is 0 Å². The molecule has 0 bridgehead atoms. The largest absolute Gasteiger partial charge is 0.0775 e. The first-order valence-electron chi connectivity index (χ1n) is 4.27. The van der Waals surface area contributed by atoms with E-state index >= 15 is 0 Å². The van der Waals surface area contributed by atoms with Crippen molar-refractivity contribution < 1.29 is 0 Å². The molecule has 0 aromatic carbocycles. The van der Waals surface area contributed by atoms with Gasteiger partial charge >= 0.3 is 0 Å². The Bertz CT molecular complexity index is 226. The normalized spacial score (nSPS) is 18.3. The molecule has 0 heterocycles. The maximum Gasteiger partial charge on any atom is -0.0130 e. The Morgan fingerprint density at radius 2 is 1.91 bits per heavy atom. The summed E-state index contributed by atoms with van der Waals surface area (Å²) in [7, 11) is 0. The van der Waals surface area contributed by atoms with Crippen LogP contribution in [0.1, 0.15) is 33.6 Å². The van der Waals surface area contributed by atoms with Crippen LogP contribution in [0.25, 0.3) is 0 Å². The van der Waals surface area contributed by atoms with Crippen LogP contribution in [-0.4, -0.2) is 0 Å². The highest BCUT2D eigenvalue weighted by atomic mass is 14.0. The molecule has 0 spiro atoms. The third kappa shape index (κ3) is 2.38. The second kappa shape index (κ2) is 3.56. The number of allylic oxidation sites excluding steroid dienone is 6. The van der Waals surface area contributed by atoms with Crippen molar-refractivity contribution >= 4 is 0 Å². The van der Waals surface area contributed by atoms with Crippen molar-refractivity contribution in [2.75, 3.05) is 0 Å². The zero-order valence-electron chi connectivity index (χ0n) is 7.65. The molecule has 11 heavy (non-hydrogen) atoms. The van der Waals surface area contributed by atoms with Crippen molar-refractivity contribution in [3.8, 4) is 0 Å². The molecule has 1 aliphatic carbocycles. The Morgan fingerprint density at radius 3 is 2.55 bits per heavy atom. The monoisotopic (exact) mass is 148 g/mol. The molecular formula is C11H16. The van der Waals surface area contributed by atoms with E-state index in [-0.39, 0.29) is 0 Å².